The molecule has 1 atom stereocenters. The van der Waals surface area contributed by atoms with Crippen molar-refractivity contribution in [3.8, 4) is 17.3 Å². The lowest BCUT2D eigenvalue weighted by molar-refractivity contribution is 0.398. The van der Waals surface area contributed by atoms with Crippen LogP contribution in [0.3, 0.4) is 0 Å². The molecule has 5 aromatic rings. The third-order valence-corrected chi connectivity index (χ3v) is 5.41. The van der Waals surface area contributed by atoms with E-state index in [1.807, 2.05) is 0 Å². The number of aryl methyl sites for hydroxylation is 1. The van der Waals surface area contributed by atoms with Gasteiger partial charge >= 0.3 is 0 Å². The van der Waals surface area contributed by atoms with Crippen LogP contribution >= 0.6 is 0 Å². The normalized spacial score (nSPS) is 12.1. The predicted molar refractivity (Wildman–Crippen MR) is 131 cm³/mol. The van der Waals surface area contributed by atoms with E-state index < -0.39 is 0 Å². The summed E-state index contributed by atoms with van der Waals surface area (Å²) < 4.78 is 6.86. The van der Waals surface area contributed by atoms with E-state index in [0.717, 1.165) is 0 Å². The zero-order chi connectivity index (χ0) is 23.1. The highest BCUT2D eigenvalue weighted by atomic mass is 16.5. The minimum Gasteiger partial charge on any atom is -0.481 e. The molecule has 5 heterocycles. The highest BCUT2D eigenvalue weighted by Crippen LogP contribution is 2.34. The lowest BCUT2D eigenvalue weighted by atomic mass is 10.0. The van der Waals surface area contributed by atoms with Gasteiger partial charge in [-0.1, -0.05) is 21.3 Å². The number of aromatic amines is 2. The number of hydrogen-bond donors (Lipinski definition) is 3. The van der Waals surface area contributed by atoms with Crippen LogP contribution in [0, 0.1) is 5.92 Å². The van der Waals surface area contributed by atoms with Crippen molar-refractivity contribution in [1.29, 1.82) is 0 Å². The number of rotatable bonds is 6. The molecular weight excluding hydrogens is 434 g/mol. The van der Waals surface area contributed by atoms with Crippen molar-refractivity contribution in [2.75, 3.05) is 12.4 Å². The van der Waals surface area contributed by atoms with Gasteiger partial charge in [-0.25, -0.2) is 19.9 Å². The topological polar surface area (TPSA) is 139 Å². The summed E-state index contributed by atoms with van der Waals surface area (Å²) in [6, 6.07) is 3.22. The van der Waals surface area contributed by atoms with E-state index in [1.54, 1.807) is 55.8 Å². The molecule has 0 fully saturated rings. The summed E-state index contributed by atoms with van der Waals surface area (Å²) in [4.78, 5) is 37.1. The SMILES string of the molecule is C.COc1cc2nc(-c3c(N[C@H](c4ncccn4)C(C)C)c4nn(C)cc4[nH]c3=O)[nH]c2cn1. The maximum Gasteiger partial charge on any atom is 0.261 e. The molecule has 0 radical (unpaired) electrons. The van der Waals surface area contributed by atoms with Crippen LogP contribution in [0.2, 0.25) is 0 Å². The van der Waals surface area contributed by atoms with Crippen molar-refractivity contribution in [3.05, 3.63) is 53.1 Å². The van der Waals surface area contributed by atoms with E-state index in [9.17, 15) is 4.79 Å². The van der Waals surface area contributed by atoms with E-state index in [4.69, 9.17) is 4.74 Å². The Morgan fingerprint density at radius 1 is 1.12 bits per heavy atom. The zero-order valence-electron chi connectivity index (χ0n) is 18.6. The van der Waals surface area contributed by atoms with Gasteiger partial charge in [0.1, 0.15) is 16.9 Å². The van der Waals surface area contributed by atoms with Gasteiger partial charge in [-0.05, 0) is 12.0 Å². The second-order valence-corrected chi connectivity index (χ2v) is 8.07. The number of hydrogen-bond acceptors (Lipinski definition) is 8. The van der Waals surface area contributed by atoms with Crippen LogP contribution < -0.4 is 15.6 Å². The first-order valence-electron chi connectivity index (χ1n) is 10.5. The molecule has 0 unspecified atom stereocenters. The molecule has 0 aromatic carbocycles. The first kappa shape index (κ1) is 22.9. The number of nitrogens with one attached hydrogen (secondary N) is 3. The summed E-state index contributed by atoms with van der Waals surface area (Å²) in [5.74, 6) is 1.59. The van der Waals surface area contributed by atoms with Crippen LogP contribution in [0.5, 0.6) is 5.88 Å². The zero-order valence-corrected chi connectivity index (χ0v) is 18.6. The van der Waals surface area contributed by atoms with Crippen molar-refractivity contribution in [2.24, 2.45) is 13.0 Å². The number of pyridine rings is 2. The van der Waals surface area contributed by atoms with Gasteiger partial charge in [-0.2, -0.15) is 5.10 Å². The molecule has 0 aliphatic heterocycles. The fourth-order valence-electron chi connectivity index (χ4n) is 3.82. The second-order valence-electron chi connectivity index (χ2n) is 8.07. The van der Waals surface area contributed by atoms with E-state index in [1.165, 1.54) is 0 Å². The lowest BCUT2D eigenvalue weighted by Gasteiger charge is -2.23. The fraction of sp³-hybridized carbons (Fsp3) is 0.304. The van der Waals surface area contributed by atoms with Crippen molar-refractivity contribution in [3.63, 3.8) is 0 Å². The fourth-order valence-corrected chi connectivity index (χ4v) is 3.82. The van der Waals surface area contributed by atoms with Gasteiger partial charge in [-0.15, -0.1) is 0 Å². The van der Waals surface area contributed by atoms with Crippen molar-refractivity contribution in [2.45, 2.75) is 27.3 Å². The van der Waals surface area contributed by atoms with Gasteiger partial charge in [0, 0.05) is 31.7 Å². The number of nitrogens with zero attached hydrogens (tertiary/aromatic N) is 6. The van der Waals surface area contributed by atoms with Crippen LogP contribution in [0.25, 0.3) is 33.5 Å². The quantitative estimate of drug-likeness (QED) is 0.349. The lowest BCUT2D eigenvalue weighted by Crippen LogP contribution is -2.22. The molecule has 0 aliphatic rings. The first-order chi connectivity index (χ1) is 15.9. The van der Waals surface area contributed by atoms with Crippen molar-refractivity contribution in [1.82, 2.24) is 39.7 Å². The summed E-state index contributed by atoms with van der Waals surface area (Å²) >= 11 is 0. The number of anilines is 1. The van der Waals surface area contributed by atoms with Gasteiger partial charge < -0.3 is 20.0 Å². The number of methoxy groups -OCH3 is 1. The van der Waals surface area contributed by atoms with Crippen LogP contribution in [-0.2, 0) is 7.05 Å². The van der Waals surface area contributed by atoms with Crippen LogP contribution in [0.4, 0.5) is 5.69 Å². The molecule has 5 rings (SSSR count). The average Bonchev–Trinajstić information content (AvgIpc) is 3.38. The largest absolute Gasteiger partial charge is 0.481 e. The van der Waals surface area contributed by atoms with Crippen LogP contribution in [0.1, 0.15) is 33.1 Å². The first-order valence-corrected chi connectivity index (χ1v) is 10.5. The number of aromatic nitrogens is 8. The molecule has 11 nitrogen and oxygen atoms in total. The molecule has 5 aromatic heterocycles. The van der Waals surface area contributed by atoms with Crippen molar-refractivity contribution >= 4 is 27.8 Å². The third-order valence-electron chi connectivity index (χ3n) is 5.41. The van der Waals surface area contributed by atoms with Gasteiger partial charge in [0.2, 0.25) is 5.88 Å². The Morgan fingerprint density at radius 2 is 1.88 bits per heavy atom. The molecule has 0 saturated heterocycles. The molecule has 0 amide bonds. The van der Waals surface area contributed by atoms with Crippen LogP contribution in [-0.4, -0.2) is 46.8 Å². The number of ether oxygens (including phenoxy) is 1. The van der Waals surface area contributed by atoms with E-state index in [2.05, 4.69) is 54.2 Å². The van der Waals surface area contributed by atoms with Gasteiger partial charge in [0.25, 0.3) is 5.56 Å². The second kappa shape index (κ2) is 8.93. The Hall–Kier alpha value is -4.28. The molecule has 0 spiro atoms. The molecular formula is C23H27N9O2. The summed E-state index contributed by atoms with van der Waals surface area (Å²) in [6.07, 6.45) is 6.80. The molecule has 11 heteroatoms. The highest BCUT2D eigenvalue weighted by molar-refractivity contribution is 5.96. The van der Waals surface area contributed by atoms with Crippen molar-refractivity contribution < 1.29 is 4.74 Å². The molecule has 0 bridgehead atoms. The molecule has 0 aliphatic carbocycles. The Bertz CT molecular complexity index is 1500. The smallest absolute Gasteiger partial charge is 0.261 e. The predicted octanol–water partition coefficient (Wildman–Crippen LogP) is 3.44. The van der Waals surface area contributed by atoms with Gasteiger partial charge in [0.05, 0.1) is 41.6 Å². The molecule has 3 N–H and O–H groups in total. The Kier molecular flexibility index (Phi) is 6.01. The minimum absolute atomic E-state index is 0. The monoisotopic (exact) mass is 461 g/mol. The summed E-state index contributed by atoms with van der Waals surface area (Å²) in [5.41, 5.74) is 3.15. The van der Waals surface area contributed by atoms with E-state index in [-0.39, 0.29) is 24.9 Å². The third kappa shape index (κ3) is 3.96. The van der Waals surface area contributed by atoms with E-state index in [0.29, 0.717) is 50.8 Å². The van der Waals surface area contributed by atoms with Gasteiger partial charge in [0.15, 0.2) is 5.82 Å². The van der Waals surface area contributed by atoms with Gasteiger partial charge in [-0.3, -0.25) is 9.48 Å². The average molecular weight is 462 g/mol. The summed E-state index contributed by atoms with van der Waals surface area (Å²) in [5, 5.41) is 8.10. The maximum atomic E-state index is 13.3. The molecule has 0 saturated carbocycles. The highest BCUT2D eigenvalue weighted by Gasteiger charge is 2.25. The number of fused-ring (bicyclic) bond motifs is 2. The Labute approximate surface area is 195 Å². The van der Waals surface area contributed by atoms with Crippen LogP contribution in [0.15, 0.2) is 41.7 Å². The number of H-pyrrole nitrogens is 2. The Morgan fingerprint density at radius 3 is 2.59 bits per heavy atom. The minimum atomic E-state index is -0.298. The summed E-state index contributed by atoms with van der Waals surface area (Å²) in [6.45, 7) is 4.13. The van der Waals surface area contributed by atoms with E-state index >= 15 is 0 Å². The standard InChI is InChI=1S/C22H23N9O2.CH4/c1-11(2)17(21-23-6-5-7-24-21)29-19-16(22(32)28-14-10-31(3)30-18(14)19)20-26-12-8-15(33-4)25-9-13(12)27-20;/h5-11,17,29H,1-4H3,(H,26,27)(H,28,32);1H4/t17-;/m0./s1. The molecule has 176 valence electrons. The summed E-state index contributed by atoms with van der Waals surface area (Å²) in [7, 11) is 3.35. The maximum absolute atomic E-state index is 13.3. The molecule has 34 heavy (non-hydrogen) atoms. The number of imidazole rings is 1. The Balaban J connectivity index is 0.00000274.